The quantitative estimate of drug-likeness (QED) is 0.771. The molecule has 0 saturated carbocycles. The maximum absolute atomic E-state index is 11.2. The van der Waals surface area contributed by atoms with E-state index in [-0.39, 0.29) is 18.3 Å². The Balaban J connectivity index is 2.27. The van der Waals surface area contributed by atoms with Gasteiger partial charge in [-0.1, -0.05) is 0 Å². The number of hydrogen-bond acceptors (Lipinski definition) is 5. The lowest BCUT2D eigenvalue weighted by Gasteiger charge is -2.09. The molecule has 0 aliphatic carbocycles. The van der Waals surface area contributed by atoms with Gasteiger partial charge in [0.15, 0.2) is 5.65 Å². The molecule has 2 heterocycles. The number of fused-ring (bicyclic) bond motifs is 1. The first kappa shape index (κ1) is 11.5. The topological polar surface area (TPSA) is 82.5 Å². The number of methoxy groups -OCH3 is 1. The third-order valence-electron chi connectivity index (χ3n) is 2.60. The van der Waals surface area contributed by atoms with E-state index in [0.717, 1.165) is 11.3 Å². The molecule has 2 aromatic heterocycles. The second-order valence-corrected chi connectivity index (χ2v) is 3.70. The number of nitrogens with zero attached hydrogens (tertiary/aromatic N) is 3. The average Bonchev–Trinajstić information content (AvgIpc) is 2.78. The molecule has 0 spiro atoms. The van der Waals surface area contributed by atoms with Crippen molar-refractivity contribution in [1.82, 2.24) is 14.6 Å². The zero-order chi connectivity index (χ0) is 12.3. The molecule has 2 aromatic rings. The van der Waals surface area contributed by atoms with Crippen LogP contribution in [0.2, 0.25) is 0 Å². The minimum atomic E-state index is -0.287. The van der Waals surface area contributed by atoms with E-state index in [1.807, 2.05) is 6.07 Å². The van der Waals surface area contributed by atoms with E-state index < -0.39 is 0 Å². The standard InChI is InChI=1S/C11H14N4O2/c1-17-11(16)5-8(7-12)9-6-10-13-3-2-4-15(10)14-9/h2-4,6,8H,5,7,12H2,1H3. The summed E-state index contributed by atoms with van der Waals surface area (Å²) in [6, 6.07) is 3.63. The first-order valence-corrected chi connectivity index (χ1v) is 5.31. The second-order valence-electron chi connectivity index (χ2n) is 3.70. The van der Waals surface area contributed by atoms with Crippen molar-refractivity contribution in [3.05, 3.63) is 30.2 Å². The third kappa shape index (κ3) is 2.42. The summed E-state index contributed by atoms with van der Waals surface area (Å²) >= 11 is 0. The fourth-order valence-corrected chi connectivity index (χ4v) is 1.64. The molecule has 2 rings (SSSR count). The zero-order valence-electron chi connectivity index (χ0n) is 9.54. The van der Waals surface area contributed by atoms with Crippen molar-refractivity contribution in [3.8, 4) is 0 Å². The minimum Gasteiger partial charge on any atom is -0.469 e. The summed E-state index contributed by atoms with van der Waals surface area (Å²) in [5.41, 5.74) is 7.15. The highest BCUT2D eigenvalue weighted by atomic mass is 16.5. The first-order chi connectivity index (χ1) is 8.24. The fourth-order valence-electron chi connectivity index (χ4n) is 1.64. The first-order valence-electron chi connectivity index (χ1n) is 5.31. The van der Waals surface area contributed by atoms with Gasteiger partial charge in [-0.05, 0) is 6.07 Å². The molecule has 0 amide bonds. The maximum Gasteiger partial charge on any atom is 0.306 e. The van der Waals surface area contributed by atoms with Crippen molar-refractivity contribution in [2.24, 2.45) is 5.73 Å². The molecule has 0 fully saturated rings. The van der Waals surface area contributed by atoms with Crippen LogP contribution in [0.25, 0.3) is 5.65 Å². The van der Waals surface area contributed by atoms with Crippen molar-refractivity contribution in [2.45, 2.75) is 12.3 Å². The van der Waals surface area contributed by atoms with Gasteiger partial charge < -0.3 is 10.5 Å². The Bertz CT molecular complexity index is 490. The monoisotopic (exact) mass is 234 g/mol. The Morgan fingerprint density at radius 1 is 1.65 bits per heavy atom. The van der Waals surface area contributed by atoms with Gasteiger partial charge in [-0.15, -0.1) is 0 Å². The van der Waals surface area contributed by atoms with Gasteiger partial charge >= 0.3 is 5.97 Å². The molecule has 17 heavy (non-hydrogen) atoms. The van der Waals surface area contributed by atoms with Gasteiger partial charge in [0, 0.05) is 30.9 Å². The smallest absolute Gasteiger partial charge is 0.306 e. The SMILES string of the molecule is COC(=O)CC(CN)c1cc2ncccn2n1. The molecule has 0 radical (unpaired) electrons. The van der Waals surface area contributed by atoms with Crippen LogP contribution in [-0.2, 0) is 9.53 Å². The van der Waals surface area contributed by atoms with Crippen LogP contribution in [0.4, 0.5) is 0 Å². The van der Waals surface area contributed by atoms with Gasteiger partial charge in [0.05, 0.1) is 19.2 Å². The van der Waals surface area contributed by atoms with Gasteiger partial charge in [0.2, 0.25) is 0 Å². The lowest BCUT2D eigenvalue weighted by Crippen LogP contribution is -2.17. The molecule has 0 aliphatic rings. The van der Waals surface area contributed by atoms with Crippen LogP contribution in [0, 0.1) is 0 Å². The van der Waals surface area contributed by atoms with Crippen molar-refractivity contribution >= 4 is 11.6 Å². The number of nitrogens with two attached hydrogens (primary N) is 1. The third-order valence-corrected chi connectivity index (χ3v) is 2.60. The lowest BCUT2D eigenvalue weighted by molar-refractivity contribution is -0.141. The van der Waals surface area contributed by atoms with Gasteiger partial charge in [0.25, 0.3) is 0 Å². The molecule has 0 aliphatic heterocycles. The fraction of sp³-hybridized carbons (Fsp3) is 0.364. The number of esters is 1. The number of carbonyl (C=O) groups excluding carboxylic acids is 1. The molecule has 0 aromatic carbocycles. The molecule has 1 atom stereocenters. The summed E-state index contributed by atoms with van der Waals surface area (Å²) in [4.78, 5) is 15.4. The molecular formula is C11H14N4O2. The van der Waals surface area contributed by atoms with Crippen LogP contribution in [-0.4, -0.2) is 34.2 Å². The Kier molecular flexibility index (Phi) is 3.34. The van der Waals surface area contributed by atoms with E-state index >= 15 is 0 Å². The summed E-state index contributed by atoms with van der Waals surface area (Å²) in [7, 11) is 1.36. The number of hydrogen-bond donors (Lipinski definition) is 1. The van der Waals surface area contributed by atoms with Crippen LogP contribution in [0.15, 0.2) is 24.5 Å². The van der Waals surface area contributed by atoms with E-state index in [9.17, 15) is 4.79 Å². The molecule has 6 nitrogen and oxygen atoms in total. The summed E-state index contributed by atoms with van der Waals surface area (Å²) in [6.45, 7) is 0.346. The maximum atomic E-state index is 11.2. The highest BCUT2D eigenvalue weighted by Gasteiger charge is 2.18. The Morgan fingerprint density at radius 3 is 3.12 bits per heavy atom. The van der Waals surface area contributed by atoms with Gasteiger partial charge in [-0.25, -0.2) is 9.50 Å². The zero-order valence-corrected chi connectivity index (χ0v) is 9.54. The van der Waals surface area contributed by atoms with Crippen LogP contribution < -0.4 is 5.73 Å². The van der Waals surface area contributed by atoms with Crippen LogP contribution >= 0.6 is 0 Å². The largest absolute Gasteiger partial charge is 0.469 e. The van der Waals surface area contributed by atoms with E-state index in [1.54, 1.807) is 23.0 Å². The average molecular weight is 234 g/mol. The lowest BCUT2D eigenvalue weighted by atomic mass is 10.0. The van der Waals surface area contributed by atoms with Crippen LogP contribution in [0.3, 0.4) is 0 Å². The van der Waals surface area contributed by atoms with Crippen molar-refractivity contribution in [1.29, 1.82) is 0 Å². The minimum absolute atomic E-state index is 0.135. The Labute approximate surface area is 98.4 Å². The Morgan fingerprint density at radius 2 is 2.47 bits per heavy atom. The van der Waals surface area contributed by atoms with Gasteiger partial charge in [-0.2, -0.15) is 5.10 Å². The highest BCUT2D eigenvalue weighted by molar-refractivity contribution is 5.70. The van der Waals surface area contributed by atoms with Gasteiger partial charge in [0.1, 0.15) is 0 Å². The molecular weight excluding hydrogens is 220 g/mol. The molecule has 6 heteroatoms. The van der Waals surface area contributed by atoms with Crippen LogP contribution in [0.1, 0.15) is 18.0 Å². The van der Waals surface area contributed by atoms with E-state index in [1.165, 1.54) is 7.11 Å². The van der Waals surface area contributed by atoms with E-state index in [4.69, 9.17) is 5.73 Å². The highest BCUT2D eigenvalue weighted by Crippen LogP contribution is 2.18. The molecule has 0 saturated heterocycles. The number of rotatable bonds is 4. The molecule has 2 N–H and O–H groups in total. The summed E-state index contributed by atoms with van der Waals surface area (Å²) in [5, 5.41) is 4.34. The van der Waals surface area contributed by atoms with E-state index in [0.29, 0.717) is 6.54 Å². The van der Waals surface area contributed by atoms with Crippen molar-refractivity contribution in [2.75, 3.05) is 13.7 Å². The molecule has 90 valence electrons. The number of carbonyl (C=O) groups is 1. The Hall–Kier alpha value is -1.95. The second kappa shape index (κ2) is 4.92. The predicted octanol–water partition coefficient (Wildman–Crippen LogP) is 0.335. The van der Waals surface area contributed by atoms with Crippen molar-refractivity contribution < 1.29 is 9.53 Å². The predicted molar refractivity (Wildman–Crippen MR) is 61.4 cm³/mol. The number of aromatic nitrogens is 3. The van der Waals surface area contributed by atoms with Gasteiger partial charge in [-0.3, -0.25) is 4.79 Å². The summed E-state index contributed by atoms with van der Waals surface area (Å²) in [5.74, 6) is -0.422. The number of ether oxygens (including phenoxy) is 1. The molecule has 0 bridgehead atoms. The van der Waals surface area contributed by atoms with E-state index in [2.05, 4.69) is 14.8 Å². The normalized spacial score (nSPS) is 12.6. The summed E-state index contributed by atoms with van der Waals surface area (Å²) < 4.78 is 6.30. The van der Waals surface area contributed by atoms with Crippen LogP contribution in [0.5, 0.6) is 0 Å². The summed E-state index contributed by atoms with van der Waals surface area (Å²) in [6.07, 6.45) is 3.73. The van der Waals surface area contributed by atoms with Crippen molar-refractivity contribution in [3.63, 3.8) is 0 Å². The molecule has 1 unspecified atom stereocenters.